The molecule has 22 heavy (non-hydrogen) atoms. The van der Waals surface area contributed by atoms with Gasteiger partial charge in [-0.3, -0.25) is 9.69 Å². The van der Waals surface area contributed by atoms with Gasteiger partial charge in [0, 0.05) is 6.04 Å². The fourth-order valence-corrected chi connectivity index (χ4v) is 4.23. The van der Waals surface area contributed by atoms with E-state index in [0.717, 1.165) is 31.2 Å². The first-order chi connectivity index (χ1) is 10.6. The highest BCUT2D eigenvalue weighted by atomic mass is 32.2. The van der Waals surface area contributed by atoms with Crippen LogP contribution in [-0.4, -0.2) is 32.2 Å². The molecule has 1 N–H and O–H groups in total. The van der Waals surface area contributed by atoms with Crippen LogP contribution >= 0.6 is 24.0 Å². The first-order valence-corrected chi connectivity index (χ1v) is 8.39. The number of carbonyl (C=O) groups excluding carboxylic acids is 1. The molecule has 1 saturated heterocycles. The van der Waals surface area contributed by atoms with Crippen molar-refractivity contribution in [3.63, 3.8) is 0 Å². The predicted molar refractivity (Wildman–Crippen MR) is 90.7 cm³/mol. The van der Waals surface area contributed by atoms with E-state index in [-0.39, 0.29) is 17.5 Å². The summed E-state index contributed by atoms with van der Waals surface area (Å²) in [6, 6.07) is 6.71. The monoisotopic (exact) mass is 333 g/mol. The van der Waals surface area contributed by atoms with Crippen LogP contribution in [0.1, 0.15) is 41.6 Å². The van der Waals surface area contributed by atoms with Gasteiger partial charge in [-0.25, -0.2) is 4.79 Å². The Kier molecular flexibility index (Phi) is 4.31. The summed E-state index contributed by atoms with van der Waals surface area (Å²) in [6.07, 6.45) is 6.12. The van der Waals surface area contributed by atoms with Crippen molar-refractivity contribution in [3.8, 4) is 0 Å². The lowest BCUT2D eigenvalue weighted by Gasteiger charge is -2.21. The van der Waals surface area contributed by atoms with E-state index in [4.69, 9.17) is 17.3 Å². The summed E-state index contributed by atoms with van der Waals surface area (Å²) in [5, 5.41) is 8.90. The number of benzene rings is 1. The molecule has 0 unspecified atom stereocenters. The van der Waals surface area contributed by atoms with Crippen LogP contribution < -0.4 is 0 Å². The van der Waals surface area contributed by atoms with E-state index in [9.17, 15) is 9.59 Å². The largest absolute Gasteiger partial charge is 0.478 e. The summed E-state index contributed by atoms with van der Waals surface area (Å²) >= 11 is 6.68. The second-order valence-corrected chi connectivity index (χ2v) is 7.09. The minimum atomic E-state index is -0.959. The lowest BCUT2D eigenvalue weighted by atomic mass is 10.1. The van der Waals surface area contributed by atoms with Gasteiger partial charge in [0.2, 0.25) is 0 Å². The van der Waals surface area contributed by atoms with Crippen LogP contribution in [-0.2, 0) is 4.79 Å². The quantitative estimate of drug-likeness (QED) is 0.677. The number of carbonyl (C=O) groups is 2. The molecule has 1 aliphatic heterocycles. The average molecular weight is 333 g/mol. The lowest BCUT2D eigenvalue weighted by Crippen LogP contribution is -2.36. The fourth-order valence-electron chi connectivity index (χ4n) is 2.83. The molecule has 1 aromatic rings. The molecule has 4 nitrogen and oxygen atoms in total. The van der Waals surface area contributed by atoms with Crippen molar-refractivity contribution >= 4 is 46.3 Å². The number of amides is 1. The average Bonchev–Trinajstić information content (AvgIpc) is 3.09. The first-order valence-electron chi connectivity index (χ1n) is 7.16. The van der Waals surface area contributed by atoms with Gasteiger partial charge in [-0.1, -0.05) is 49.0 Å². The predicted octanol–water partition coefficient (Wildman–Crippen LogP) is 3.53. The third-order valence-electron chi connectivity index (χ3n) is 3.97. The number of hydrogen-bond donors (Lipinski definition) is 1. The maximum atomic E-state index is 12.5. The van der Waals surface area contributed by atoms with Crippen molar-refractivity contribution in [2.75, 3.05) is 0 Å². The molecule has 0 atom stereocenters. The topological polar surface area (TPSA) is 57.6 Å². The van der Waals surface area contributed by atoms with Crippen LogP contribution in [0, 0.1) is 0 Å². The molecule has 0 radical (unpaired) electrons. The van der Waals surface area contributed by atoms with Crippen LogP contribution in [0.15, 0.2) is 29.2 Å². The van der Waals surface area contributed by atoms with Crippen molar-refractivity contribution in [3.05, 3.63) is 40.3 Å². The Labute approximate surface area is 138 Å². The van der Waals surface area contributed by atoms with Crippen LogP contribution in [0.3, 0.4) is 0 Å². The number of thiocarbonyl (C=S) groups is 1. The smallest absolute Gasteiger partial charge is 0.335 e. The van der Waals surface area contributed by atoms with Gasteiger partial charge in [-0.15, -0.1) is 0 Å². The van der Waals surface area contributed by atoms with Gasteiger partial charge in [0.15, 0.2) is 0 Å². The molecule has 0 spiro atoms. The number of carboxylic acid groups (broad SMARTS) is 1. The van der Waals surface area contributed by atoms with Crippen molar-refractivity contribution in [1.82, 2.24) is 4.90 Å². The molecule has 3 rings (SSSR count). The Balaban J connectivity index is 1.81. The summed E-state index contributed by atoms with van der Waals surface area (Å²) in [7, 11) is 0. The van der Waals surface area contributed by atoms with Crippen molar-refractivity contribution in [2.24, 2.45) is 0 Å². The number of rotatable bonds is 3. The van der Waals surface area contributed by atoms with E-state index in [0.29, 0.717) is 9.23 Å². The lowest BCUT2D eigenvalue weighted by molar-refractivity contribution is -0.123. The van der Waals surface area contributed by atoms with E-state index in [1.165, 1.54) is 23.9 Å². The van der Waals surface area contributed by atoms with Crippen LogP contribution in [0.25, 0.3) is 6.08 Å². The normalized spacial score (nSPS) is 21.1. The van der Waals surface area contributed by atoms with Crippen molar-refractivity contribution in [2.45, 2.75) is 31.7 Å². The molecule has 1 amide bonds. The Morgan fingerprint density at radius 2 is 1.91 bits per heavy atom. The van der Waals surface area contributed by atoms with Gasteiger partial charge in [0.25, 0.3) is 5.91 Å². The van der Waals surface area contributed by atoms with Gasteiger partial charge in [-0.05, 0) is 36.6 Å². The SMILES string of the molecule is O=C(O)c1ccc(/C=C2/SC(=S)N(C3CCCC3)C2=O)cc1. The van der Waals surface area contributed by atoms with Gasteiger partial charge in [0.05, 0.1) is 10.5 Å². The molecular weight excluding hydrogens is 318 g/mol. The summed E-state index contributed by atoms with van der Waals surface area (Å²) in [4.78, 5) is 25.7. The Hall–Kier alpha value is -1.66. The number of hydrogen-bond acceptors (Lipinski definition) is 4. The highest BCUT2D eigenvalue weighted by molar-refractivity contribution is 8.26. The summed E-state index contributed by atoms with van der Waals surface area (Å²) in [5.41, 5.74) is 1.03. The molecule has 114 valence electrons. The van der Waals surface area contributed by atoms with E-state index >= 15 is 0 Å². The third kappa shape index (κ3) is 2.94. The third-order valence-corrected chi connectivity index (χ3v) is 5.30. The van der Waals surface area contributed by atoms with Gasteiger partial charge < -0.3 is 5.11 Å². The van der Waals surface area contributed by atoms with Gasteiger partial charge in [-0.2, -0.15) is 0 Å². The molecule has 0 aromatic heterocycles. The molecule has 1 heterocycles. The zero-order valence-electron chi connectivity index (χ0n) is 11.8. The van der Waals surface area contributed by atoms with E-state index < -0.39 is 5.97 Å². The maximum Gasteiger partial charge on any atom is 0.335 e. The first kappa shape index (κ1) is 15.2. The highest BCUT2D eigenvalue weighted by Crippen LogP contribution is 2.37. The molecule has 6 heteroatoms. The van der Waals surface area contributed by atoms with Crippen molar-refractivity contribution in [1.29, 1.82) is 0 Å². The van der Waals surface area contributed by atoms with Gasteiger partial charge in [0.1, 0.15) is 4.32 Å². The molecule has 1 aromatic carbocycles. The molecule has 1 aliphatic carbocycles. The zero-order valence-corrected chi connectivity index (χ0v) is 13.5. The zero-order chi connectivity index (χ0) is 15.7. The highest BCUT2D eigenvalue weighted by Gasteiger charge is 2.37. The number of thioether (sulfide) groups is 1. The molecular formula is C16H15NO3S2. The molecule has 1 saturated carbocycles. The van der Waals surface area contributed by atoms with E-state index in [1.807, 2.05) is 0 Å². The molecule has 0 bridgehead atoms. The number of carboxylic acids is 1. The number of nitrogens with zero attached hydrogens (tertiary/aromatic N) is 1. The Morgan fingerprint density at radius 3 is 2.50 bits per heavy atom. The summed E-state index contributed by atoms with van der Waals surface area (Å²) in [5.74, 6) is -0.983. The summed E-state index contributed by atoms with van der Waals surface area (Å²) < 4.78 is 0.630. The van der Waals surface area contributed by atoms with Gasteiger partial charge >= 0.3 is 5.97 Å². The minimum absolute atomic E-state index is 0.0239. The van der Waals surface area contributed by atoms with E-state index in [2.05, 4.69) is 0 Å². The van der Waals surface area contributed by atoms with E-state index in [1.54, 1.807) is 23.1 Å². The Morgan fingerprint density at radius 1 is 1.27 bits per heavy atom. The Bertz CT molecular complexity index is 660. The number of aromatic carboxylic acids is 1. The molecule has 2 aliphatic rings. The van der Waals surface area contributed by atoms with Crippen LogP contribution in [0.2, 0.25) is 0 Å². The van der Waals surface area contributed by atoms with Crippen molar-refractivity contribution < 1.29 is 14.7 Å². The second kappa shape index (κ2) is 6.22. The van der Waals surface area contributed by atoms with Crippen LogP contribution in [0.4, 0.5) is 0 Å². The minimum Gasteiger partial charge on any atom is -0.478 e. The summed E-state index contributed by atoms with van der Waals surface area (Å²) in [6.45, 7) is 0. The maximum absolute atomic E-state index is 12.5. The standard InChI is InChI=1S/C16H15NO3S2/c18-14-13(9-10-5-7-11(8-6-10)15(19)20)22-16(21)17(14)12-3-1-2-4-12/h5-9,12H,1-4H2,(H,19,20)/b13-9+. The molecule has 2 fully saturated rings. The second-order valence-electron chi connectivity index (χ2n) is 5.42. The van der Waals surface area contributed by atoms with Crippen LogP contribution in [0.5, 0.6) is 0 Å². The fraction of sp³-hybridized carbons (Fsp3) is 0.312.